The summed E-state index contributed by atoms with van der Waals surface area (Å²) >= 11 is 0. The van der Waals surface area contributed by atoms with E-state index in [-0.39, 0.29) is 28.9 Å². The number of carboxylic acids is 1. The highest BCUT2D eigenvalue weighted by atomic mass is 19.3. The third-order valence-corrected chi connectivity index (χ3v) is 9.37. The fraction of sp³-hybridized carbons (Fsp3) is 0.792. The van der Waals surface area contributed by atoms with Crippen molar-refractivity contribution in [3.05, 3.63) is 23.0 Å². The highest BCUT2D eigenvalue weighted by molar-refractivity contribution is 5.85. The topological polar surface area (TPSA) is 65.0 Å². The van der Waals surface area contributed by atoms with E-state index >= 15 is 0 Å². The van der Waals surface area contributed by atoms with E-state index in [0.29, 0.717) is 45.3 Å². The van der Waals surface area contributed by atoms with Gasteiger partial charge in [-0.15, -0.1) is 0 Å². The van der Waals surface area contributed by atoms with Crippen LogP contribution in [0.15, 0.2) is 23.0 Å². The first-order valence-electron chi connectivity index (χ1n) is 11.5. The van der Waals surface area contributed by atoms with Gasteiger partial charge in [-0.3, -0.25) is 0 Å². The van der Waals surface area contributed by atoms with E-state index in [1.807, 2.05) is 0 Å². The van der Waals surface area contributed by atoms with Gasteiger partial charge in [-0.1, -0.05) is 18.6 Å². The molecule has 1 spiro atoms. The number of hydrogen-bond donors (Lipinski definition) is 1. The number of rotatable bonds is 3. The van der Waals surface area contributed by atoms with Crippen molar-refractivity contribution in [1.82, 2.24) is 0 Å². The number of fused-ring (bicyclic) bond motifs is 5. The summed E-state index contributed by atoms with van der Waals surface area (Å²) in [7, 11) is 1.41. The van der Waals surface area contributed by atoms with Crippen molar-refractivity contribution in [2.45, 2.75) is 70.5 Å². The van der Waals surface area contributed by atoms with Crippen molar-refractivity contribution >= 4 is 5.97 Å². The first kappa shape index (κ1) is 21.4. The first-order chi connectivity index (χ1) is 14.8. The van der Waals surface area contributed by atoms with Crippen molar-refractivity contribution in [2.24, 2.45) is 28.6 Å². The predicted octanol–water partition coefficient (Wildman–Crippen LogP) is 4.92. The van der Waals surface area contributed by atoms with Gasteiger partial charge in [-0.25, -0.2) is 13.6 Å². The second-order valence-corrected chi connectivity index (χ2v) is 10.3. The number of allylic oxidation sites excluding steroid dienone is 2. The number of carbonyl (C=O) groups is 1. The molecule has 0 unspecified atom stereocenters. The number of methoxy groups -OCH3 is 1. The van der Waals surface area contributed by atoms with Crippen LogP contribution in [0.1, 0.15) is 58.3 Å². The van der Waals surface area contributed by atoms with Crippen molar-refractivity contribution in [1.29, 1.82) is 0 Å². The van der Waals surface area contributed by atoms with Gasteiger partial charge in [0.25, 0.3) is 0 Å². The van der Waals surface area contributed by atoms with E-state index in [2.05, 4.69) is 13.0 Å². The Hall–Kier alpha value is -1.47. The third-order valence-electron chi connectivity index (χ3n) is 9.37. The van der Waals surface area contributed by atoms with Crippen LogP contribution in [0.5, 0.6) is 0 Å². The maximum atomic E-state index is 14.9. The quantitative estimate of drug-likeness (QED) is 0.385. The molecular formula is C24H32F2O5. The van der Waals surface area contributed by atoms with Gasteiger partial charge in [-0.05, 0) is 67.3 Å². The number of ether oxygens (including phenoxy) is 3. The van der Waals surface area contributed by atoms with Crippen LogP contribution in [0.2, 0.25) is 0 Å². The number of aliphatic carboxylic acids is 1. The van der Waals surface area contributed by atoms with E-state index in [1.165, 1.54) is 7.11 Å². The summed E-state index contributed by atoms with van der Waals surface area (Å²) in [4.78, 5) is 11.8. The molecule has 3 saturated carbocycles. The van der Waals surface area contributed by atoms with Crippen LogP contribution in [0, 0.1) is 28.6 Å². The number of hydrogen-bond acceptors (Lipinski definition) is 4. The fourth-order valence-electron chi connectivity index (χ4n) is 8.00. The maximum Gasteiger partial charge on any atom is 0.371 e. The highest BCUT2D eigenvalue weighted by Crippen LogP contribution is 2.68. The van der Waals surface area contributed by atoms with Crippen molar-refractivity contribution in [2.75, 3.05) is 20.3 Å². The van der Waals surface area contributed by atoms with E-state index in [9.17, 15) is 18.7 Å². The van der Waals surface area contributed by atoms with Gasteiger partial charge in [0, 0.05) is 12.8 Å². The molecule has 31 heavy (non-hydrogen) atoms. The average molecular weight is 439 g/mol. The van der Waals surface area contributed by atoms with Gasteiger partial charge in [0.15, 0.2) is 5.79 Å². The zero-order chi connectivity index (χ0) is 22.0. The molecule has 0 bridgehead atoms. The summed E-state index contributed by atoms with van der Waals surface area (Å²) in [6.07, 6.45) is 4.69. The molecule has 4 fully saturated rings. The van der Waals surface area contributed by atoms with Crippen LogP contribution in [0.25, 0.3) is 0 Å². The van der Waals surface area contributed by atoms with Crippen LogP contribution >= 0.6 is 0 Å². The molecule has 7 heteroatoms. The molecule has 5 atom stereocenters. The smallest absolute Gasteiger partial charge is 0.371 e. The van der Waals surface area contributed by atoms with Crippen LogP contribution in [0.4, 0.5) is 8.78 Å². The molecule has 5 rings (SSSR count). The molecule has 0 aromatic heterocycles. The number of halogens is 2. The second kappa shape index (κ2) is 7.27. The zero-order valence-corrected chi connectivity index (χ0v) is 18.3. The average Bonchev–Trinajstić information content (AvgIpc) is 3.32. The number of carboxylic acid groups (broad SMARTS) is 1. The summed E-state index contributed by atoms with van der Waals surface area (Å²) in [5.74, 6) is -1.44. The van der Waals surface area contributed by atoms with Gasteiger partial charge in [0.2, 0.25) is 12.2 Å². The Morgan fingerprint density at radius 3 is 2.58 bits per heavy atom. The lowest BCUT2D eigenvalue weighted by Crippen LogP contribution is -2.55. The largest absolute Gasteiger partial charge is 0.490 e. The molecule has 1 saturated heterocycles. The Morgan fingerprint density at radius 2 is 1.94 bits per heavy atom. The van der Waals surface area contributed by atoms with Gasteiger partial charge in [-0.2, -0.15) is 0 Å². The monoisotopic (exact) mass is 438 g/mol. The molecule has 172 valence electrons. The molecular weight excluding hydrogens is 406 g/mol. The van der Waals surface area contributed by atoms with Crippen molar-refractivity contribution in [3.63, 3.8) is 0 Å². The Labute approximate surface area is 181 Å². The van der Waals surface area contributed by atoms with Crippen molar-refractivity contribution < 1.29 is 32.9 Å². The SMILES string of the molecule is CO/C(C(=O)O)=C1/CC[C@H]2[C@@H]3CC=C4CC5(CC[C@]4(C(F)F)[C@H]3CC[C@]12C)OCCO5. The Morgan fingerprint density at radius 1 is 1.19 bits per heavy atom. The summed E-state index contributed by atoms with van der Waals surface area (Å²) in [5.41, 5.74) is 0.293. The van der Waals surface area contributed by atoms with E-state index in [1.54, 1.807) is 0 Å². The van der Waals surface area contributed by atoms with Crippen LogP contribution < -0.4 is 0 Å². The van der Waals surface area contributed by atoms with Gasteiger partial charge >= 0.3 is 5.97 Å². The number of alkyl halides is 2. The highest BCUT2D eigenvalue weighted by Gasteiger charge is 2.64. The summed E-state index contributed by atoms with van der Waals surface area (Å²) in [5, 5.41) is 9.62. The van der Waals surface area contributed by atoms with E-state index < -0.39 is 23.6 Å². The molecule has 0 aromatic rings. The van der Waals surface area contributed by atoms with Crippen molar-refractivity contribution in [3.8, 4) is 0 Å². The lowest BCUT2D eigenvalue weighted by Gasteiger charge is -2.58. The third kappa shape index (κ3) is 2.88. The van der Waals surface area contributed by atoms with Crippen LogP contribution in [0.3, 0.4) is 0 Å². The molecule has 1 N–H and O–H groups in total. The minimum atomic E-state index is -2.42. The molecule has 0 aromatic carbocycles. The van der Waals surface area contributed by atoms with Crippen LogP contribution in [-0.2, 0) is 19.0 Å². The molecule has 1 aliphatic heterocycles. The van der Waals surface area contributed by atoms with Crippen LogP contribution in [-0.4, -0.2) is 43.6 Å². The Kier molecular flexibility index (Phi) is 5.02. The molecule has 5 nitrogen and oxygen atoms in total. The fourth-order valence-corrected chi connectivity index (χ4v) is 8.00. The normalized spacial score (nSPS) is 42.6. The van der Waals surface area contributed by atoms with Gasteiger partial charge in [0.1, 0.15) is 0 Å². The summed E-state index contributed by atoms with van der Waals surface area (Å²) < 4.78 is 46.7. The minimum absolute atomic E-state index is 0.0502. The minimum Gasteiger partial charge on any atom is -0.490 e. The first-order valence-corrected chi connectivity index (χ1v) is 11.5. The maximum absolute atomic E-state index is 14.9. The van der Waals surface area contributed by atoms with E-state index in [0.717, 1.165) is 30.4 Å². The molecule has 5 aliphatic rings. The van der Waals surface area contributed by atoms with E-state index in [4.69, 9.17) is 14.2 Å². The summed E-state index contributed by atoms with van der Waals surface area (Å²) in [6.45, 7) is 3.19. The lowest BCUT2D eigenvalue weighted by molar-refractivity contribution is -0.201. The Balaban J connectivity index is 1.51. The predicted molar refractivity (Wildman–Crippen MR) is 108 cm³/mol. The zero-order valence-electron chi connectivity index (χ0n) is 18.3. The molecule has 1 heterocycles. The summed E-state index contributed by atoms with van der Waals surface area (Å²) in [6, 6.07) is 0. The van der Waals surface area contributed by atoms with Gasteiger partial charge < -0.3 is 19.3 Å². The van der Waals surface area contributed by atoms with Gasteiger partial charge in [0.05, 0.1) is 25.7 Å². The molecule has 0 radical (unpaired) electrons. The molecule has 4 aliphatic carbocycles. The standard InChI is InChI=1S/C24H32F2O5/c1-22-8-7-17-15(16(22)5-6-18(22)19(29-2)20(27)28)4-3-14-13-23(30-11-12-31-23)9-10-24(14,17)21(25)26/h3,15-17,21H,4-13H2,1-2H3,(H,27,28)/b19-18-/t15-,16-,17-,22-,24+/m0/s1. The second-order valence-electron chi connectivity index (χ2n) is 10.3. The lowest BCUT2D eigenvalue weighted by atomic mass is 9.47. The molecule has 0 amide bonds. The Bertz CT molecular complexity index is 830.